The number of hydrogen-bond donors (Lipinski definition) is 1. The Hall–Kier alpha value is -2.93. The van der Waals surface area contributed by atoms with Crippen LogP contribution in [0.25, 0.3) is 0 Å². The van der Waals surface area contributed by atoms with Crippen LogP contribution in [-0.4, -0.2) is 36.3 Å². The first-order valence-corrected chi connectivity index (χ1v) is 10.4. The molecule has 1 amide bonds. The molecule has 0 heterocycles. The smallest absolute Gasteiger partial charge is 0.325 e. The number of nitro benzene ring substituents is 1. The van der Waals surface area contributed by atoms with Gasteiger partial charge in [-0.15, -0.1) is 11.8 Å². The second kappa shape index (κ2) is 8.83. The van der Waals surface area contributed by atoms with Gasteiger partial charge < -0.3 is 5.32 Å². The number of nitrogens with one attached hydrogen (secondary N) is 1. The van der Waals surface area contributed by atoms with Gasteiger partial charge in [-0.1, -0.05) is 12.1 Å². The maximum atomic E-state index is 12.7. The fourth-order valence-electron chi connectivity index (χ4n) is 2.22. The van der Waals surface area contributed by atoms with Crippen LogP contribution in [0.3, 0.4) is 0 Å². The molecule has 8 nitrogen and oxygen atoms in total. The van der Waals surface area contributed by atoms with Gasteiger partial charge in [0.2, 0.25) is 5.91 Å². The molecule has 30 heavy (non-hydrogen) atoms. The average molecular weight is 462 g/mol. The molecule has 13 heteroatoms. The lowest BCUT2D eigenvalue weighted by Gasteiger charge is -2.10. The van der Waals surface area contributed by atoms with Gasteiger partial charge >= 0.3 is 5.51 Å². The largest absolute Gasteiger partial charge is 0.501 e. The Morgan fingerprint density at radius 2 is 1.83 bits per heavy atom. The van der Waals surface area contributed by atoms with Gasteiger partial charge in [0, 0.05) is 17.3 Å². The van der Waals surface area contributed by atoms with E-state index in [1.54, 1.807) is 12.1 Å². The van der Waals surface area contributed by atoms with Crippen molar-refractivity contribution in [3.05, 3.63) is 58.1 Å². The predicted octanol–water partition coefficient (Wildman–Crippen LogP) is 3.82. The fourth-order valence-corrected chi connectivity index (χ4v) is 3.80. The Kier molecular flexibility index (Phi) is 6.87. The minimum atomic E-state index is -5.75. The summed E-state index contributed by atoms with van der Waals surface area (Å²) in [7, 11) is -5.75. The molecule has 2 aromatic rings. The first-order chi connectivity index (χ1) is 13.8. The molecule has 0 aliphatic heterocycles. The molecule has 0 radical (unpaired) electrons. The molecular formula is C17H13F3N2O6S2. The SMILES string of the molecule is CC(=O)c1cccc(NC(=O)CSc2ccc(S(=O)(=O)C(F)(F)F)cc2[N+](=O)[O-])c1. The number of anilines is 1. The average Bonchev–Trinajstić information content (AvgIpc) is 2.65. The number of hydrogen-bond acceptors (Lipinski definition) is 7. The molecule has 0 unspecified atom stereocenters. The number of carbonyl (C=O) groups excluding carboxylic acids is 2. The van der Waals surface area contributed by atoms with Crippen LogP contribution < -0.4 is 5.32 Å². The number of halogens is 3. The zero-order chi connectivity index (χ0) is 22.7. The Morgan fingerprint density at radius 1 is 1.17 bits per heavy atom. The molecule has 0 aliphatic carbocycles. The number of ketones is 1. The molecule has 1 N–H and O–H groups in total. The van der Waals surface area contributed by atoms with Crippen molar-refractivity contribution in [2.45, 2.75) is 22.2 Å². The zero-order valence-corrected chi connectivity index (χ0v) is 16.7. The van der Waals surface area contributed by atoms with Gasteiger partial charge in [0.25, 0.3) is 15.5 Å². The number of nitro groups is 1. The van der Waals surface area contributed by atoms with E-state index in [4.69, 9.17) is 0 Å². The molecule has 0 aliphatic rings. The van der Waals surface area contributed by atoms with E-state index < -0.39 is 36.8 Å². The van der Waals surface area contributed by atoms with Crippen LogP contribution in [0, 0.1) is 10.1 Å². The van der Waals surface area contributed by atoms with Gasteiger partial charge in [-0.3, -0.25) is 19.7 Å². The third-order valence-electron chi connectivity index (χ3n) is 3.65. The van der Waals surface area contributed by atoms with E-state index in [2.05, 4.69) is 5.32 Å². The lowest BCUT2D eigenvalue weighted by molar-refractivity contribution is -0.388. The van der Waals surface area contributed by atoms with Crippen molar-refractivity contribution < 1.29 is 36.1 Å². The van der Waals surface area contributed by atoms with Crippen LogP contribution in [-0.2, 0) is 14.6 Å². The maximum absolute atomic E-state index is 12.7. The second-order valence-corrected chi connectivity index (χ2v) is 8.77. The standard InChI is InChI=1S/C17H13F3N2O6S2/c1-10(23)11-3-2-4-12(7-11)21-16(24)9-29-15-6-5-13(8-14(15)22(25)26)30(27,28)17(18,19)20/h2-8H,9H2,1H3,(H,21,24). The third-order valence-corrected chi connectivity index (χ3v) is 6.20. The topological polar surface area (TPSA) is 123 Å². The van der Waals surface area contributed by atoms with Crippen LogP contribution in [0.2, 0.25) is 0 Å². The highest BCUT2D eigenvalue weighted by atomic mass is 32.2. The summed E-state index contributed by atoms with van der Waals surface area (Å²) < 4.78 is 60.8. The number of amides is 1. The maximum Gasteiger partial charge on any atom is 0.501 e. The summed E-state index contributed by atoms with van der Waals surface area (Å²) in [5, 5.41) is 13.7. The normalized spacial score (nSPS) is 11.7. The predicted molar refractivity (Wildman–Crippen MR) is 102 cm³/mol. The number of nitrogens with zero attached hydrogens (tertiary/aromatic N) is 1. The molecule has 0 fully saturated rings. The highest BCUT2D eigenvalue weighted by Gasteiger charge is 2.47. The molecule has 0 saturated carbocycles. The summed E-state index contributed by atoms with van der Waals surface area (Å²) >= 11 is 0.643. The molecular weight excluding hydrogens is 449 g/mol. The first kappa shape index (κ1) is 23.3. The Bertz CT molecular complexity index is 1120. The van der Waals surface area contributed by atoms with Crippen molar-refractivity contribution in [3.63, 3.8) is 0 Å². The van der Waals surface area contributed by atoms with Gasteiger partial charge in [-0.25, -0.2) is 8.42 Å². The summed E-state index contributed by atoms with van der Waals surface area (Å²) in [6, 6.07) is 7.78. The minimum Gasteiger partial charge on any atom is -0.325 e. The van der Waals surface area contributed by atoms with Crippen molar-refractivity contribution in [1.82, 2.24) is 0 Å². The van der Waals surface area contributed by atoms with Gasteiger partial charge in [-0.05, 0) is 31.2 Å². The van der Waals surface area contributed by atoms with Crippen LogP contribution in [0.1, 0.15) is 17.3 Å². The summed E-state index contributed by atoms with van der Waals surface area (Å²) in [4.78, 5) is 32.1. The van der Waals surface area contributed by atoms with Crippen molar-refractivity contribution in [3.8, 4) is 0 Å². The molecule has 0 spiro atoms. The Morgan fingerprint density at radius 3 is 2.40 bits per heavy atom. The third kappa shape index (κ3) is 5.36. The molecule has 2 rings (SSSR count). The number of rotatable bonds is 7. The Labute approximate surface area is 172 Å². The quantitative estimate of drug-likeness (QED) is 0.287. The number of sulfone groups is 1. The summed E-state index contributed by atoms with van der Waals surface area (Å²) in [5.41, 5.74) is -5.81. The summed E-state index contributed by atoms with van der Waals surface area (Å²) in [6.07, 6.45) is 0. The Balaban J connectivity index is 2.18. The number of alkyl halides is 3. The van der Waals surface area contributed by atoms with E-state index in [0.717, 1.165) is 6.07 Å². The number of carbonyl (C=O) groups is 2. The van der Waals surface area contributed by atoms with E-state index in [1.807, 2.05) is 0 Å². The van der Waals surface area contributed by atoms with Gasteiger partial charge in [-0.2, -0.15) is 13.2 Å². The molecule has 160 valence electrons. The number of benzene rings is 2. The lowest BCUT2D eigenvalue weighted by atomic mass is 10.1. The lowest BCUT2D eigenvalue weighted by Crippen LogP contribution is -2.23. The van der Waals surface area contributed by atoms with Crippen molar-refractivity contribution in [1.29, 1.82) is 0 Å². The van der Waals surface area contributed by atoms with Crippen LogP contribution in [0.4, 0.5) is 24.5 Å². The zero-order valence-electron chi connectivity index (χ0n) is 15.1. The summed E-state index contributed by atoms with van der Waals surface area (Å²) in [5.74, 6) is -1.16. The summed E-state index contributed by atoms with van der Waals surface area (Å²) in [6.45, 7) is 1.35. The van der Waals surface area contributed by atoms with Gasteiger partial charge in [0.1, 0.15) is 0 Å². The minimum absolute atomic E-state index is 0.186. The molecule has 0 atom stereocenters. The van der Waals surface area contributed by atoms with Crippen molar-refractivity contribution in [2.24, 2.45) is 0 Å². The van der Waals surface area contributed by atoms with Crippen LogP contribution in [0.15, 0.2) is 52.3 Å². The second-order valence-electron chi connectivity index (χ2n) is 5.81. The van der Waals surface area contributed by atoms with E-state index >= 15 is 0 Å². The molecule has 0 saturated heterocycles. The van der Waals surface area contributed by atoms with Crippen molar-refractivity contribution in [2.75, 3.05) is 11.1 Å². The first-order valence-electron chi connectivity index (χ1n) is 7.96. The van der Waals surface area contributed by atoms with E-state index in [0.29, 0.717) is 35.1 Å². The van der Waals surface area contributed by atoms with E-state index in [9.17, 15) is 41.3 Å². The fraction of sp³-hybridized carbons (Fsp3) is 0.176. The van der Waals surface area contributed by atoms with Crippen LogP contribution >= 0.6 is 11.8 Å². The van der Waals surface area contributed by atoms with E-state index in [1.165, 1.54) is 19.1 Å². The highest BCUT2D eigenvalue weighted by molar-refractivity contribution is 8.00. The molecule has 0 aromatic heterocycles. The van der Waals surface area contributed by atoms with Gasteiger partial charge in [0.05, 0.1) is 20.5 Å². The monoisotopic (exact) mass is 462 g/mol. The van der Waals surface area contributed by atoms with Crippen molar-refractivity contribution >= 4 is 44.7 Å². The molecule has 0 bridgehead atoms. The number of Topliss-reactive ketones (excluding diaryl/α,β-unsaturated/α-hetero) is 1. The van der Waals surface area contributed by atoms with E-state index in [-0.39, 0.29) is 16.4 Å². The highest BCUT2D eigenvalue weighted by Crippen LogP contribution is 2.36. The van der Waals surface area contributed by atoms with Crippen LogP contribution in [0.5, 0.6) is 0 Å². The molecule has 2 aromatic carbocycles. The van der Waals surface area contributed by atoms with Gasteiger partial charge in [0.15, 0.2) is 5.78 Å². The number of thioether (sulfide) groups is 1.